The van der Waals surface area contributed by atoms with E-state index in [0.717, 1.165) is 15.4 Å². The summed E-state index contributed by atoms with van der Waals surface area (Å²) in [5.74, 6) is 0.659. The molecule has 7 nitrogen and oxygen atoms in total. The molecule has 0 fully saturated rings. The second kappa shape index (κ2) is 10.6. The van der Waals surface area contributed by atoms with Crippen molar-refractivity contribution in [3.05, 3.63) is 82.9 Å². The molecule has 0 aromatic heterocycles. The number of nitrogens with one attached hydrogen (secondary N) is 1. The van der Waals surface area contributed by atoms with Crippen molar-refractivity contribution in [3.8, 4) is 11.5 Å². The van der Waals surface area contributed by atoms with E-state index in [0.29, 0.717) is 22.2 Å². The van der Waals surface area contributed by atoms with Crippen LogP contribution in [0.5, 0.6) is 11.5 Å². The number of nitrogens with zero attached hydrogens (tertiary/aromatic N) is 1. The van der Waals surface area contributed by atoms with Crippen LogP contribution in [-0.4, -0.2) is 35.1 Å². The quantitative estimate of drug-likeness (QED) is 0.488. The third-order valence-electron chi connectivity index (χ3n) is 4.92. The summed E-state index contributed by atoms with van der Waals surface area (Å²) in [5.41, 5.74) is 2.05. The second-order valence-electron chi connectivity index (χ2n) is 7.27. The lowest BCUT2D eigenvalue weighted by Gasteiger charge is -2.24. The fraction of sp³-hybridized carbons (Fsp3) is 0.208. The maximum Gasteiger partial charge on any atom is 0.264 e. The SMILES string of the molecule is COc1ccc(CNC(=O)CN(c2cccc(C)c2)S(=O)(=O)c2ccc(Cl)cc2)cc1OC. The van der Waals surface area contributed by atoms with Crippen LogP contribution in [0.15, 0.2) is 71.6 Å². The van der Waals surface area contributed by atoms with Gasteiger partial charge in [0.1, 0.15) is 6.54 Å². The minimum absolute atomic E-state index is 0.0427. The normalized spacial score (nSPS) is 11.0. The molecule has 3 rings (SSSR count). The molecule has 0 heterocycles. The van der Waals surface area contributed by atoms with Crippen molar-refractivity contribution in [2.24, 2.45) is 0 Å². The highest BCUT2D eigenvalue weighted by Crippen LogP contribution is 2.28. The van der Waals surface area contributed by atoms with Gasteiger partial charge in [0, 0.05) is 11.6 Å². The Balaban J connectivity index is 1.83. The first kappa shape index (κ1) is 24.4. The van der Waals surface area contributed by atoms with Crippen LogP contribution in [0.2, 0.25) is 5.02 Å². The number of benzene rings is 3. The average molecular weight is 489 g/mol. The zero-order chi connectivity index (χ0) is 24.0. The van der Waals surface area contributed by atoms with E-state index in [-0.39, 0.29) is 18.0 Å². The zero-order valence-electron chi connectivity index (χ0n) is 18.5. The van der Waals surface area contributed by atoms with Crippen molar-refractivity contribution in [1.82, 2.24) is 5.32 Å². The van der Waals surface area contributed by atoms with Crippen LogP contribution in [0.1, 0.15) is 11.1 Å². The highest BCUT2D eigenvalue weighted by atomic mass is 35.5. The van der Waals surface area contributed by atoms with E-state index in [4.69, 9.17) is 21.1 Å². The van der Waals surface area contributed by atoms with Gasteiger partial charge in [-0.25, -0.2) is 8.42 Å². The third-order valence-corrected chi connectivity index (χ3v) is 6.96. The molecule has 33 heavy (non-hydrogen) atoms. The van der Waals surface area contributed by atoms with Crippen LogP contribution in [0, 0.1) is 6.92 Å². The molecule has 174 valence electrons. The van der Waals surface area contributed by atoms with E-state index in [9.17, 15) is 13.2 Å². The molecule has 0 spiro atoms. The van der Waals surface area contributed by atoms with Gasteiger partial charge in [-0.3, -0.25) is 9.10 Å². The molecule has 3 aromatic carbocycles. The summed E-state index contributed by atoms with van der Waals surface area (Å²) in [7, 11) is -0.937. The van der Waals surface area contributed by atoms with Crippen molar-refractivity contribution in [3.63, 3.8) is 0 Å². The molecular weight excluding hydrogens is 464 g/mol. The Hall–Kier alpha value is -3.23. The van der Waals surface area contributed by atoms with Crippen molar-refractivity contribution in [2.75, 3.05) is 25.1 Å². The number of halogens is 1. The molecule has 1 amide bonds. The number of carbonyl (C=O) groups is 1. The van der Waals surface area contributed by atoms with Gasteiger partial charge in [0.2, 0.25) is 5.91 Å². The van der Waals surface area contributed by atoms with Gasteiger partial charge >= 0.3 is 0 Å². The van der Waals surface area contributed by atoms with E-state index >= 15 is 0 Å². The predicted octanol–water partition coefficient (Wildman–Crippen LogP) is 4.18. The standard InChI is InChI=1S/C24H25ClN2O5S/c1-17-5-4-6-20(13-17)27(33(29,30)21-10-8-19(25)9-11-21)16-24(28)26-15-18-7-12-22(31-2)23(14-18)32-3/h4-14H,15-16H2,1-3H3,(H,26,28). The first-order chi connectivity index (χ1) is 15.7. The first-order valence-electron chi connectivity index (χ1n) is 10.1. The Bertz CT molecular complexity index is 1230. The summed E-state index contributed by atoms with van der Waals surface area (Å²) in [5, 5.41) is 3.19. The van der Waals surface area contributed by atoms with Gasteiger partial charge in [-0.1, -0.05) is 29.8 Å². The number of carbonyl (C=O) groups excluding carboxylic acids is 1. The van der Waals surface area contributed by atoms with Crippen LogP contribution in [-0.2, 0) is 21.4 Å². The van der Waals surface area contributed by atoms with Gasteiger partial charge < -0.3 is 14.8 Å². The summed E-state index contributed by atoms with van der Waals surface area (Å²) < 4.78 is 38.4. The molecule has 0 radical (unpaired) electrons. The summed E-state index contributed by atoms with van der Waals surface area (Å²) in [6.07, 6.45) is 0. The maximum absolute atomic E-state index is 13.4. The first-order valence-corrected chi connectivity index (χ1v) is 11.9. The molecule has 1 N–H and O–H groups in total. The minimum Gasteiger partial charge on any atom is -0.493 e. The summed E-state index contributed by atoms with van der Waals surface area (Å²) >= 11 is 5.91. The maximum atomic E-state index is 13.4. The number of ether oxygens (including phenoxy) is 2. The van der Waals surface area contributed by atoms with E-state index < -0.39 is 15.9 Å². The third kappa shape index (κ3) is 5.97. The molecule has 0 aliphatic rings. The largest absolute Gasteiger partial charge is 0.493 e. The highest BCUT2D eigenvalue weighted by Gasteiger charge is 2.27. The van der Waals surface area contributed by atoms with Crippen LogP contribution >= 0.6 is 11.6 Å². The number of hydrogen-bond donors (Lipinski definition) is 1. The van der Waals surface area contributed by atoms with Crippen molar-refractivity contribution < 1.29 is 22.7 Å². The fourth-order valence-corrected chi connectivity index (χ4v) is 4.75. The second-order valence-corrected chi connectivity index (χ2v) is 9.57. The monoisotopic (exact) mass is 488 g/mol. The molecule has 3 aromatic rings. The Morgan fingerprint density at radius 3 is 2.30 bits per heavy atom. The number of amides is 1. The number of anilines is 1. The molecule has 0 unspecified atom stereocenters. The Labute approximate surface area is 198 Å². The van der Waals surface area contributed by atoms with Crippen molar-refractivity contribution in [1.29, 1.82) is 0 Å². The van der Waals surface area contributed by atoms with Crippen LogP contribution in [0.3, 0.4) is 0 Å². The number of sulfonamides is 1. The van der Waals surface area contributed by atoms with E-state index in [1.165, 1.54) is 31.4 Å². The number of rotatable bonds is 9. The molecule has 0 saturated heterocycles. The zero-order valence-corrected chi connectivity index (χ0v) is 20.1. The average Bonchev–Trinajstić information content (AvgIpc) is 2.81. The number of hydrogen-bond acceptors (Lipinski definition) is 5. The summed E-state index contributed by atoms with van der Waals surface area (Å²) in [6.45, 7) is 1.66. The molecule has 9 heteroatoms. The minimum atomic E-state index is -4.01. The van der Waals surface area contributed by atoms with Crippen molar-refractivity contribution in [2.45, 2.75) is 18.4 Å². The molecular formula is C24H25ClN2O5S. The van der Waals surface area contributed by atoms with Gasteiger partial charge in [0.25, 0.3) is 10.0 Å². The lowest BCUT2D eigenvalue weighted by molar-refractivity contribution is -0.119. The topological polar surface area (TPSA) is 84.9 Å². The summed E-state index contributed by atoms with van der Waals surface area (Å²) in [6, 6.07) is 18.1. The molecule has 0 bridgehead atoms. The Kier molecular flexibility index (Phi) is 7.84. The van der Waals surface area contributed by atoms with Crippen LogP contribution in [0.25, 0.3) is 0 Å². The smallest absolute Gasteiger partial charge is 0.264 e. The number of methoxy groups -OCH3 is 2. The highest BCUT2D eigenvalue weighted by molar-refractivity contribution is 7.92. The Morgan fingerprint density at radius 2 is 1.67 bits per heavy atom. The van der Waals surface area contributed by atoms with Gasteiger partial charge in [-0.15, -0.1) is 0 Å². The number of aryl methyl sites for hydroxylation is 1. The van der Waals surface area contributed by atoms with Gasteiger partial charge in [0.05, 0.1) is 24.8 Å². The van der Waals surface area contributed by atoms with E-state index in [1.807, 2.05) is 13.0 Å². The molecule has 0 aliphatic heterocycles. The molecule has 0 saturated carbocycles. The van der Waals surface area contributed by atoms with Gasteiger partial charge in [-0.05, 0) is 66.6 Å². The summed E-state index contributed by atoms with van der Waals surface area (Å²) in [4.78, 5) is 12.8. The van der Waals surface area contributed by atoms with Crippen molar-refractivity contribution >= 4 is 33.2 Å². The predicted molar refractivity (Wildman–Crippen MR) is 129 cm³/mol. The van der Waals surface area contributed by atoms with Crippen LogP contribution in [0.4, 0.5) is 5.69 Å². The van der Waals surface area contributed by atoms with E-state index in [2.05, 4.69) is 5.32 Å². The Morgan fingerprint density at radius 1 is 0.970 bits per heavy atom. The van der Waals surface area contributed by atoms with E-state index in [1.54, 1.807) is 43.5 Å². The lowest BCUT2D eigenvalue weighted by atomic mass is 10.2. The fourth-order valence-electron chi connectivity index (χ4n) is 3.21. The van der Waals surface area contributed by atoms with Gasteiger partial charge in [0.15, 0.2) is 11.5 Å². The lowest BCUT2D eigenvalue weighted by Crippen LogP contribution is -2.40. The molecule has 0 atom stereocenters. The van der Waals surface area contributed by atoms with Crippen LogP contribution < -0.4 is 19.1 Å². The van der Waals surface area contributed by atoms with Gasteiger partial charge in [-0.2, -0.15) is 0 Å². The molecule has 0 aliphatic carbocycles.